The van der Waals surface area contributed by atoms with E-state index in [1.54, 1.807) is 0 Å². The molecule has 0 saturated carbocycles. The van der Waals surface area contributed by atoms with Gasteiger partial charge < -0.3 is 10.2 Å². The summed E-state index contributed by atoms with van der Waals surface area (Å²) in [6.45, 7) is 14.0. The highest BCUT2D eigenvalue weighted by molar-refractivity contribution is 5.81. The summed E-state index contributed by atoms with van der Waals surface area (Å²) in [5.74, 6) is 0.269. The first-order chi connectivity index (χ1) is 7.82. The van der Waals surface area contributed by atoms with E-state index in [1.807, 2.05) is 4.90 Å². The van der Waals surface area contributed by atoms with Gasteiger partial charge in [-0.25, -0.2) is 0 Å². The lowest BCUT2D eigenvalue weighted by Crippen LogP contribution is -2.50. The molecular weight excluding hydrogens is 212 g/mol. The third-order valence-corrected chi connectivity index (χ3v) is 3.13. The van der Waals surface area contributed by atoms with Crippen LogP contribution >= 0.6 is 0 Å². The number of carbonyl (C=O) groups is 1. The number of hydrogen-bond donors (Lipinski definition) is 1. The highest BCUT2D eigenvalue weighted by Crippen LogP contribution is 2.30. The smallest absolute Gasteiger partial charge is 0.230 e. The lowest BCUT2D eigenvalue weighted by atomic mass is 9.79. The molecule has 1 saturated heterocycles. The fourth-order valence-electron chi connectivity index (χ4n) is 2.11. The number of piperazine rings is 1. The van der Waals surface area contributed by atoms with E-state index in [2.05, 4.69) is 46.0 Å². The van der Waals surface area contributed by atoms with Crippen molar-refractivity contribution in [3.63, 3.8) is 0 Å². The van der Waals surface area contributed by atoms with Crippen molar-refractivity contribution in [3.8, 4) is 0 Å². The number of allylic oxidation sites excluding steroid dienone is 1. The van der Waals surface area contributed by atoms with E-state index in [0.29, 0.717) is 0 Å². The Morgan fingerprint density at radius 2 is 1.76 bits per heavy atom. The summed E-state index contributed by atoms with van der Waals surface area (Å²) in [4.78, 5) is 14.5. The molecule has 3 nitrogen and oxygen atoms in total. The molecule has 0 aliphatic carbocycles. The second-order valence-corrected chi connectivity index (χ2v) is 6.16. The molecule has 3 heteroatoms. The molecule has 1 atom stereocenters. The Morgan fingerprint density at radius 1 is 1.24 bits per heavy atom. The summed E-state index contributed by atoms with van der Waals surface area (Å²) >= 11 is 0. The molecule has 1 aliphatic rings. The summed E-state index contributed by atoms with van der Waals surface area (Å²) in [5, 5.41) is 3.28. The predicted molar refractivity (Wildman–Crippen MR) is 71.8 cm³/mol. The van der Waals surface area contributed by atoms with Gasteiger partial charge in [0.25, 0.3) is 0 Å². The molecule has 1 fully saturated rings. The number of nitrogens with zero attached hydrogens (tertiary/aromatic N) is 1. The number of hydrogen-bond acceptors (Lipinski definition) is 2. The Labute approximate surface area is 105 Å². The molecule has 0 bridgehead atoms. The van der Waals surface area contributed by atoms with Crippen LogP contribution in [-0.4, -0.2) is 37.0 Å². The van der Waals surface area contributed by atoms with Crippen LogP contribution in [0.2, 0.25) is 0 Å². The monoisotopic (exact) mass is 238 g/mol. The second kappa shape index (κ2) is 5.67. The van der Waals surface area contributed by atoms with Crippen LogP contribution in [0, 0.1) is 11.3 Å². The quantitative estimate of drug-likeness (QED) is 0.747. The topological polar surface area (TPSA) is 32.3 Å². The Hall–Kier alpha value is -0.830. The van der Waals surface area contributed by atoms with Gasteiger partial charge in [0.1, 0.15) is 0 Å². The minimum Gasteiger partial charge on any atom is -0.340 e. The minimum atomic E-state index is -0.0147. The van der Waals surface area contributed by atoms with Crippen molar-refractivity contribution >= 4 is 5.91 Å². The van der Waals surface area contributed by atoms with Gasteiger partial charge in [-0.1, -0.05) is 32.4 Å². The van der Waals surface area contributed by atoms with Crippen LogP contribution in [0.25, 0.3) is 0 Å². The van der Waals surface area contributed by atoms with Crippen molar-refractivity contribution in [3.05, 3.63) is 11.6 Å². The summed E-state index contributed by atoms with van der Waals surface area (Å²) in [7, 11) is 0. The van der Waals surface area contributed by atoms with Gasteiger partial charge >= 0.3 is 0 Å². The standard InChI is InChI=1S/C14H26N2O/c1-11(2)10-12(14(3,4)5)13(17)16-8-6-15-7-9-16/h10,12,15H,6-9H2,1-5H3. The Bertz CT molecular complexity index is 292. The van der Waals surface area contributed by atoms with E-state index in [-0.39, 0.29) is 17.2 Å². The maximum absolute atomic E-state index is 12.5. The number of nitrogens with one attached hydrogen (secondary N) is 1. The van der Waals surface area contributed by atoms with Crippen molar-refractivity contribution in [2.24, 2.45) is 11.3 Å². The van der Waals surface area contributed by atoms with Gasteiger partial charge in [-0.3, -0.25) is 4.79 Å². The van der Waals surface area contributed by atoms with Gasteiger partial charge in [-0.15, -0.1) is 0 Å². The van der Waals surface area contributed by atoms with Crippen LogP contribution in [-0.2, 0) is 4.79 Å². The lowest BCUT2D eigenvalue weighted by Gasteiger charge is -2.35. The van der Waals surface area contributed by atoms with Crippen molar-refractivity contribution in [2.75, 3.05) is 26.2 Å². The molecule has 0 aromatic heterocycles. The zero-order valence-corrected chi connectivity index (χ0v) is 11.8. The van der Waals surface area contributed by atoms with Gasteiger partial charge in [0.15, 0.2) is 0 Å². The van der Waals surface area contributed by atoms with Crippen LogP contribution in [0.3, 0.4) is 0 Å². The molecule has 0 aromatic rings. The van der Waals surface area contributed by atoms with E-state index in [9.17, 15) is 4.79 Å². The molecule has 98 valence electrons. The minimum absolute atomic E-state index is 0.00870. The van der Waals surface area contributed by atoms with E-state index >= 15 is 0 Å². The molecule has 1 N–H and O–H groups in total. The first kappa shape index (κ1) is 14.2. The van der Waals surface area contributed by atoms with Crippen LogP contribution in [0.1, 0.15) is 34.6 Å². The average molecular weight is 238 g/mol. The molecule has 1 amide bonds. The Balaban J connectivity index is 2.82. The van der Waals surface area contributed by atoms with Crippen molar-refractivity contribution in [2.45, 2.75) is 34.6 Å². The molecule has 0 aromatic carbocycles. The van der Waals surface area contributed by atoms with Gasteiger partial charge in [-0.05, 0) is 19.3 Å². The maximum Gasteiger partial charge on any atom is 0.230 e. The molecule has 1 rings (SSSR count). The predicted octanol–water partition coefficient (Wildman–Crippen LogP) is 2.05. The zero-order chi connectivity index (χ0) is 13.1. The van der Waals surface area contributed by atoms with Gasteiger partial charge in [0.05, 0.1) is 5.92 Å². The molecule has 1 unspecified atom stereocenters. The molecular formula is C14H26N2O. The Morgan fingerprint density at radius 3 is 2.18 bits per heavy atom. The fourth-order valence-corrected chi connectivity index (χ4v) is 2.11. The molecule has 0 radical (unpaired) electrons. The molecule has 1 heterocycles. The van der Waals surface area contributed by atoms with Crippen molar-refractivity contribution < 1.29 is 4.79 Å². The van der Waals surface area contributed by atoms with Crippen molar-refractivity contribution in [1.29, 1.82) is 0 Å². The number of carbonyl (C=O) groups excluding carboxylic acids is 1. The van der Waals surface area contributed by atoms with Crippen LogP contribution in [0.4, 0.5) is 0 Å². The van der Waals surface area contributed by atoms with E-state index < -0.39 is 0 Å². The highest BCUT2D eigenvalue weighted by atomic mass is 16.2. The van der Waals surface area contributed by atoms with Crippen molar-refractivity contribution in [1.82, 2.24) is 10.2 Å². The van der Waals surface area contributed by atoms with E-state index in [1.165, 1.54) is 5.57 Å². The van der Waals surface area contributed by atoms with Gasteiger partial charge in [0, 0.05) is 26.2 Å². The highest BCUT2D eigenvalue weighted by Gasteiger charge is 2.32. The van der Waals surface area contributed by atoms with E-state index in [0.717, 1.165) is 26.2 Å². The van der Waals surface area contributed by atoms with E-state index in [4.69, 9.17) is 0 Å². The Kier molecular flexibility index (Phi) is 4.75. The SMILES string of the molecule is CC(C)=CC(C(=O)N1CCNCC1)C(C)(C)C. The van der Waals surface area contributed by atoms with Crippen LogP contribution in [0.15, 0.2) is 11.6 Å². The zero-order valence-electron chi connectivity index (χ0n) is 11.8. The van der Waals surface area contributed by atoms with Crippen LogP contribution < -0.4 is 5.32 Å². The molecule has 1 aliphatic heterocycles. The second-order valence-electron chi connectivity index (χ2n) is 6.16. The first-order valence-electron chi connectivity index (χ1n) is 6.47. The normalized spacial score (nSPS) is 18.8. The third kappa shape index (κ3) is 4.15. The average Bonchev–Trinajstić information content (AvgIpc) is 2.24. The van der Waals surface area contributed by atoms with Gasteiger partial charge in [-0.2, -0.15) is 0 Å². The maximum atomic E-state index is 12.5. The summed E-state index contributed by atoms with van der Waals surface area (Å²) < 4.78 is 0. The molecule has 17 heavy (non-hydrogen) atoms. The number of rotatable bonds is 2. The largest absolute Gasteiger partial charge is 0.340 e. The summed E-state index contributed by atoms with van der Waals surface area (Å²) in [6, 6.07) is 0. The van der Waals surface area contributed by atoms with Crippen LogP contribution in [0.5, 0.6) is 0 Å². The first-order valence-corrected chi connectivity index (χ1v) is 6.47. The fraction of sp³-hybridized carbons (Fsp3) is 0.786. The van der Waals surface area contributed by atoms with Gasteiger partial charge in [0.2, 0.25) is 5.91 Å². The lowest BCUT2D eigenvalue weighted by molar-refractivity contribution is -0.137. The summed E-state index contributed by atoms with van der Waals surface area (Å²) in [6.07, 6.45) is 2.12. The number of amides is 1. The molecule has 0 spiro atoms. The third-order valence-electron chi connectivity index (χ3n) is 3.13. The summed E-state index contributed by atoms with van der Waals surface area (Å²) in [5.41, 5.74) is 1.20.